The minimum Gasteiger partial charge on any atom is -0.493 e. The number of hydrogen-bond donors (Lipinski definition) is 2. The summed E-state index contributed by atoms with van der Waals surface area (Å²) < 4.78 is 35.7. The van der Waals surface area contributed by atoms with Gasteiger partial charge in [0.1, 0.15) is 11.6 Å². The molecule has 1 atom stereocenters. The summed E-state index contributed by atoms with van der Waals surface area (Å²) in [5.41, 5.74) is 2.93. The van der Waals surface area contributed by atoms with Crippen LogP contribution in [0.2, 0.25) is 0 Å². The largest absolute Gasteiger partial charge is 0.493 e. The number of nitrogens with one attached hydrogen (secondary N) is 1. The van der Waals surface area contributed by atoms with E-state index in [1.807, 2.05) is 18.0 Å². The molecule has 0 aliphatic carbocycles. The number of rotatable bonds is 10. The maximum Gasteiger partial charge on any atom is 0.341 e. The molecule has 194 valence electrons. The van der Waals surface area contributed by atoms with E-state index >= 15 is 0 Å². The first kappa shape index (κ1) is 25.6. The first-order valence-electron chi connectivity index (χ1n) is 11.4. The smallest absolute Gasteiger partial charge is 0.341 e. The number of nitrogens with zero attached hydrogens (tertiary/aromatic N) is 1. The highest BCUT2D eigenvalue weighted by Gasteiger charge is 2.33. The van der Waals surface area contributed by atoms with Crippen LogP contribution in [-0.2, 0) is 16.1 Å². The summed E-state index contributed by atoms with van der Waals surface area (Å²) in [5, 5.41) is 11.8. The summed E-state index contributed by atoms with van der Waals surface area (Å²) in [7, 11) is 4.72. The number of ether oxygens (including phenoxy) is 3. The Morgan fingerprint density at radius 1 is 1.16 bits per heavy atom. The molecule has 1 aliphatic rings. The number of carboxylic acid groups (broad SMARTS) is 1. The van der Waals surface area contributed by atoms with Gasteiger partial charge in [-0.2, -0.15) is 0 Å². The molecule has 0 saturated carbocycles. The van der Waals surface area contributed by atoms with Gasteiger partial charge in [-0.25, -0.2) is 9.18 Å². The molecular weight excluding hydrogens is 483 g/mol. The lowest BCUT2D eigenvalue weighted by molar-refractivity contribution is -0.139. The molecule has 37 heavy (non-hydrogen) atoms. The van der Waals surface area contributed by atoms with Crippen LogP contribution in [0.15, 0.2) is 53.1 Å². The van der Waals surface area contributed by atoms with Crippen LogP contribution in [-0.4, -0.2) is 49.8 Å². The van der Waals surface area contributed by atoms with E-state index in [2.05, 4.69) is 5.32 Å². The van der Waals surface area contributed by atoms with Crippen LogP contribution in [0.3, 0.4) is 0 Å². The van der Waals surface area contributed by atoms with E-state index in [-0.39, 0.29) is 24.6 Å². The van der Waals surface area contributed by atoms with E-state index < -0.39 is 24.4 Å². The zero-order valence-corrected chi connectivity index (χ0v) is 20.6. The molecule has 1 amide bonds. The third-order valence-corrected chi connectivity index (χ3v) is 6.04. The normalized spacial score (nSPS) is 15.4. The lowest BCUT2D eigenvalue weighted by Crippen LogP contribution is -2.28. The van der Waals surface area contributed by atoms with Crippen molar-refractivity contribution in [3.05, 3.63) is 77.0 Å². The number of carbonyl (C=O) groups excluding carboxylic acids is 1. The number of fused-ring (bicyclic) bond motifs is 1. The monoisotopic (exact) mass is 510 g/mol. The fraction of sp³-hybridized carbons (Fsp3) is 0.259. The number of aliphatic carboxylic acids is 1. The van der Waals surface area contributed by atoms with Gasteiger partial charge < -0.3 is 34.0 Å². The second-order valence-corrected chi connectivity index (χ2v) is 8.39. The predicted octanol–water partition coefficient (Wildman–Crippen LogP) is 4.09. The predicted molar refractivity (Wildman–Crippen MR) is 133 cm³/mol. The van der Waals surface area contributed by atoms with Gasteiger partial charge in [0.05, 0.1) is 39.5 Å². The average Bonchev–Trinajstić information content (AvgIpc) is 3.48. The molecule has 0 saturated heterocycles. The summed E-state index contributed by atoms with van der Waals surface area (Å²) in [6.45, 7) is -0.296. The van der Waals surface area contributed by atoms with Crippen molar-refractivity contribution in [2.24, 2.45) is 0 Å². The highest BCUT2D eigenvalue weighted by atomic mass is 19.1. The molecule has 1 aromatic heterocycles. The third-order valence-electron chi connectivity index (χ3n) is 6.04. The summed E-state index contributed by atoms with van der Waals surface area (Å²) in [5.74, 6) is -0.332. The molecule has 0 bridgehead atoms. The van der Waals surface area contributed by atoms with E-state index in [1.54, 1.807) is 30.3 Å². The number of amides is 1. The maximum absolute atomic E-state index is 14.2. The standard InChI is InChI=1S/C27H27FN2O7/c1-30-21(9-16-10-23(34-2)27(24(11-16)35-3)37-15-26(32)33)19-7-6-17(28)12-20(19)22(30)13-25(31)29-14-18-5-4-8-36-18/h4-12,22H,13-15H2,1-3H3,(H,29,31)(H,32,33)/b21-9+/t22-/m0/s1. The molecule has 2 N–H and O–H groups in total. The van der Waals surface area contributed by atoms with Crippen LogP contribution in [0.5, 0.6) is 17.2 Å². The Morgan fingerprint density at radius 2 is 1.89 bits per heavy atom. The van der Waals surface area contributed by atoms with E-state index in [0.29, 0.717) is 28.4 Å². The number of methoxy groups -OCH3 is 2. The van der Waals surface area contributed by atoms with E-state index in [1.165, 1.54) is 32.6 Å². The Balaban J connectivity index is 1.64. The van der Waals surface area contributed by atoms with Crippen LogP contribution >= 0.6 is 0 Å². The van der Waals surface area contributed by atoms with Gasteiger partial charge in [0.25, 0.3) is 0 Å². The Hall–Kier alpha value is -4.47. The zero-order valence-electron chi connectivity index (χ0n) is 20.6. The number of hydrogen-bond acceptors (Lipinski definition) is 7. The molecule has 2 aromatic carbocycles. The van der Waals surface area contributed by atoms with Gasteiger partial charge in [-0.3, -0.25) is 4.79 Å². The Morgan fingerprint density at radius 3 is 2.51 bits per heavy atom. The van der Waals surface area contributed by atoms with Gasteiger partial charge in [-0.15, -0.1) is 0 Å². The van der Waals surface area contributed by atoms with Crippen LogP contribution in [0, 0.1) is 5.82 Å². The fourth-order valence-electron chi connectivity index (χ4n) is 4.30. The van der Waals surface area contributed by atoms with Crippen LogP contribution in [0.4, 0.5) is 4.39 Å². The molecule has 0 fully saturated rings. The van der Waals surface area contributed by atoms with Crippen molar-refractivity contribution in [2.45, 2.75) is 19.0 Å². The highest BCUT2D eigenvalue weighted by Crippen LogP contribution is 2.45. The van der Waals surface area contributed by atoms with Crippen LogP contribution < -0.4 is 19.5 Å². The highest BCUT2D eigenvalue weighted by molar-refractivity contribution is 5.87. The van der Waals surface area contributed by atoms with Gasteiger partial charge in [0.2, 0.25) is 11.7 Å². The molecule has 2 heterocycles. The van der Waals surface area contributed by atoms with E-state index in [4.69, 9.17) is 23.7 Å². The molecule has 1 aliphatic heterocycles. The van der Waals surface area contributed by atoms with Crippen molar-refractivity contribution in [1.29, 1.82) is 0 Å². The van der Waals surface area contributed by atoms with Crippen molar-refractivity contribution >= 4 is 23.6 Å². The summed E-state index contributed by atoms with van der Waals surface area (Å²) in [6.07, 6.45) is 3.51. The van der Waals surface area contributed by atoms with Crippen molar-refractivity contribution in [3.63, 3.8) is 0 Å². The second-order valence-electron chi connectivity index (χ2n) is 8.39. The van der Waals surface area contributed by atoms with Crippen LogP contribution in [0.25, 0.3) is 11.8 Å². The summed E-state index contributed by atoms with van der Waals surface area (Å²) in [6, 6.07) is 11.0. The lowest BCUT2D eigenvalue weighted by Gasteiger charge is -2.23. The van der Waals surface area contributed by atoms with E-state index in [0.717, 1.165) is 11.3 Å². The first-order chi connectivity index (χ1) is 17.8. The van der Waals surface area contributed by atoms with Gasteiger partial charge >= 0.3 is 5.97 Å². The van der Waals surface area contributed by atoms with Gasteiger partial charge in [0, 0.05) is 18.3 Å². The van der Waals surface area contributed by atoms with Crippen molar-refractivity contribution in [1.82, 2.24) is 10.2 Å². The molecule has 0 spiro atoms. The zero-order chi connectivity index (χ0) is 26.5. The molecule has 9 nitrogen and oxygen atoms in total. The summed E-state index contributed by atoms with van der Waals surface area (Å²) >= 11 is 0. The molecule has 3 aromatic rings. The van der Waals surface area contributed by atoms with E-state index in [9.17, 15) is 14.0 Å². The molecule has 4 rings (SSSR count). The molecule has 0 unspecified atom stereocenters. The van der Waals surface area contributed by atoms with Crippen LogP contribution in [0.1, 0.15) is 34.9 Å². The average molecular weight is 511 g/mol. The van der Waals surface area contributed by atoms with Gasteiger partial charge in [-0.05, 0) is 59.7 Å². The number of carbonyl (C=O) groups is 2. The maximum atomic E-state index is 14.2. The molecule has 0 radical (unpaired) electrons. The minimum absolute atomic E-state index is 0.111. The number of carboxylic acids is 1. The quantitative estimate of drug-likeness (QED) is 0.420. The lowest BCUT2D eigenvalue weighted by atomic mass is 10.0. The number of halogens is 1. The van der Waals surface area contributed by atoms with Gasteiger partial charge in [-0.1, -0.05) is 0 Å². The molecular formula is C27H27FN2O7. The SMILES string of the molecule is COc1cc(/C=C2\c3ccc(F)cc3[C@H](CC(=O)NCc3ccco3)N2C)cc(OC)c1OCC(=O)O. The fourth-order valence-corrected chi connectivity index (χ4v) is 4.30. The Kier molecular flexibility index (Phi) is 7.66. The summed E-state index contributed by atoms with van der Waals surface area (Å²) in [4.78, 5) is 25.6. The van der Waals surface area contributed by atoms with Crippen molar-refractivity contribution in [3.8, 4) is 17.2 Å². The first-order valence-corrected chi connectivity index (χ1v) is 11.4. The third kappa shape index (κ3) is 5.69. The number of furan rings is 1. The number of benzene rings is 2. The molecule has 10 heteroatoms. The topological polar surface area (TPSA) is 110 Å². The van der Waals surface area contributed by atoms with Crippen molar-refractivity contribution in [2.75, 3.05) is 27.9 Å². The Bertz CT molecular complexity index is 1300. The Labute approximate surface area is 213 Å². The second kappa shape index (κ2) is 11.1. The van der Waals surface area contributed by atoms with Gasteiger partial charge in [0.15, 0.2) is 18.1 Å². The van der Waals surface area contributed by atoms with Crippen molar-refractivity contribution < 1.29 is 37.7 Å². The minimum atomic E-state index is -1.13.